The number of nitrogens with zero attached hydrogens (tertiary/aromatic N) is 2. The van der Waals surface area contributed by atoms with Gasteiger partial charge in [-0.15, -0.1) is 10.2 Å². The highest BCUT2D eigenvalue weighted by molar-refractivity contribution is 7.18. The SMILES string of the molecule is CCCCC(=O)NC(C(=O)Nc1nnc(-c2ccc(F)cc2)s1)C(C)CC. The molecule has 2 amide bonds. The number of anilines is 1. The Balaban J connectivity index is 2.05. The average molecular weight is 393 g/mol. The summed E-state index contributed by atoms with van der Waals surface area (Å²) in [6.07, 6.45) is 2.87. The van der Waals surface area contributed by atoms with E-state index in [0.29, 0.717) is 16.6 Å². The molecule has 146 valence electrons. The molecule has 0 saturated heterocycles. The fraction of sp³-hybridized carbons (Fsp3) is 0.474. The van der Waals surface area contributed by atoms with Gasteiger partial charge in [0.1, 0.15) is 16.9 Å². The molecule has 8 heteroatoms. The quantitative estimate of drug-likeness (QED) is 0.675. The second-order valence-corrected chi connectivity index (χ2v) is 7.42. The number of hydrogen-bond donors (Lipinski definition) is 2. The van der Waals surface area contributed by atoms with Gasteiger partial charge in [0.05, 0.1) is 0 Å². The number of halogens is 1. The number of benzene rings is 1. The lowest BCUT2D eigenvalue weighted by Crippen LogP contribution is -2.47. The van der Waals surface area contributed by atoms with Crippen LogP contribution in [0.1, 0.15) is 46.5 Å². The van der Waals surface area contributed by atoms with Crippen molar-refractivity contribution in [3.63, 3.8) is 0 Å². The minimum absolute atomic E-state index is 0.0138. The van der Waals surface area contributed by atoms with Crippen LogP contribution in [0.4, 0.5) is 9.52 Å². The highest BCUT2D eigenvalue weighted by Gasteiger charge is 2.26. The summed E-state index contributed by atoms with van der Waals surface area (Å²) < 4.78 is 13.0. The Hall–Kier alpha value is -2.35. The summed E-state index contributed by atoms with van der Waals surface area (Å²) in [6, 6.07) is 5.28. The molecule has 1 heterocycles. The van der Waals surface area contributed by atoms with Crippen LogP contribution in [0.5, 0.6) is 0 Å². The second-order valence-electron chi connectivity index (χ2n) is 6.44. The van der Waals surface area contributed by atoms with Gasteiger partial charge >= 0.3 is 0 Å². The second kappa shape index (κ2) is 10.1. The number of amides is 2. The standard InChI is InChI=1S/C19H25FN4O2S/c1-4-6-7-15(25)21-16(12(3)5-2)17(26)22-19-24-23-18(27-19)13-8-10-14(20)11-9-13/h8-12,16H,4-7H2,1-3H3,(H,21,25)(H,22,24,26). The van der Waals surface area contributed by atoms with Gasteiger partial charge in [-0.1, -0.05) is 44.9 Å². The van der Waals surface area contributed by atoms with E-state index in [1.165, 1.54) is 23.5 Å². The minimum atomic E-state index is -0.627. The smallest absolute Gasteiger partial charge is 0.249 e. The molecule has 2 aromatic rings. The van der Waals surface area contributed by atoms with Crippen molar-refractivity contribution in [1.82, 2.24) is 15.5 Å². The van der Waals surface area contributed by atoms with Gasteiger partial charge in [-0.05, 0) is 36.6 Å². The van der Waals surface area contributed by atoms with E-state index in [4.69, 9.17) is 0 Å². The van der Waals surface area contributed by atoms with Gasteiger partial charge in [0.15, 0.2) is 0 Å². The van der Waals surface area contributed by atoms with Crippen molar-refractivity contribution in [2.75, 3.05) is 5.32 Å². The molecular formula is C19H25FN4O2S. The van der Waals surface area contributed by atoms with Crippen LogP contribution in [0, 0.1) is 11.7 Å². The summed E-state index contributed by atoms with van der Waals surface area (Å²) >= 11 is 1.20. The predicted molar refractivity (Wildman–Crippen MR) is 105 cm³/mol. The van der Waals surface area contributed by atoms with Gasteiger partial charge in [0.25, 0.3) is 0 Å². The molecule has 0 spiro atoms. The zero-order valence-electron chi connectivity index (χ0n) is 15.8. The van der Waals surface area contributed by atoms with Crippen molar-refractivity contribution in [2.45, 2.75) is 52.5 Å². The molecule has 2 unspecified atom stereocenters. The fourth-order valence-electron chi connectivity index (χ4n) is 2.45. The van der Waals surface area contributed by atoms with Crippen LogP contribution < -0.4 is 10.6 Å². The molecule has 2 N–H and O–H groups in total. The Morgan fingerprint density at radius 1 is 1.19 bits per heavy atom. The summed E-state index contributed by atoms with van der Waals surface area (Å²) in [6.45, 7) is 5.91. The fourth-order valence-corrected chi connectivity index (χ4v) is 3.20. The van der Waals surface area contributed by atoms with Gasteiger partial charge < -0.3 is 5.32 Å². The minimum Gasteiger partial charge on any atom is -0.344 e. The van der Waals surface area contributed by atoms with Crippen LogP contribution in [0.2, 0.25) is 0 Å². The first kappa shape index (κ1) is 21.0. The molecule has 0 radical (unpaired) electrons. The molecule has 1 aromatic carbocycles. The topological polar surface area (TPSA) is 84.0 Å². The zero-order valence-corrected chi connectivity index (χ0v) is 16.6. The Kier molecular flexibility index (Phi) is 7.84. The zero-order chi connectivity index (χ0) is 19.8. The number of carbonyl (C=O) groups excluding carboxylic acids is 2. The summed E-state index contributed by atoms with van der Waals surface area (Å²) in [5, 5.41) is 14.5. The largest absolute Gasteiger partial charge is 0.344 e. The molecule has 6 nitrogen and oxygen atoms in total. The third-order valence-corrected chi connectivity index (χ3v) is 5.20. The summed E-state index contributed by atoms with van der Waals surface area (Å²) in [5.41, 5.74) is 0.723. The van der Waals surface area contributed by atoms with Gasteiger partial charge in [-0.3, -0.25) is 14.9 Å². The summed E-state index contributed by atoms with van der Waals surface area (Å²) in [5.74, 6) is -0.773. The maximum absolute atomic E-state index is 13.0. The van der Waals surface area contributed by atoms with Crippen molar-refractivity contribution in [1.29, 1.82) is 0 Å². The van der Waals surface area contributed by atoms with E-state index in [-0.39, 0.29) is 23.5 Å². The Bertz CT molecular complexity index is 763. The Morgan fingerprint density at radius 3 is 2.52 bits per heavy atom. The first-order chi connectivity index (χ1) is 12.9. The molecule has 2 rings (SSSR count). The number of nitrogens with one attached hydrogen (secondary N) is 2. The third kappa shape index (κ3) is 6.09. The van der Waals surface area contributed by atoms with Gasteiger partial charge in [0, 0.05) is 12.0 Å². The highest BCUT2D eigenvalue weighted by Crippen LogP contribution is 2.26. The molecule has 0 aliphatic carbocycles. The van der Waals surface area contributed by atoms with Crippen LogP contribution >= 0.6 is 11.3 Å². The maximum atomic E-state index is 13.0. The molecule has 1 aromatic heterocycles. The first-order valence-corrected chi connectivity index (χ1v) is 9.95. The first-order valence-electron chi connectivity index (χ1n) is 9.14. The third-order valence-electron chi connectivity index (χ3n) is 4.32. The highest BCUT2D eigenvalue weighted by atomic mass is 32.1. The lowest BCUT2D eigenvalue weighted by Gasteiger charge is -2.22. The van der Waals surface area contributed by atoms with Crippen LogP contribution in [-0.2, 0) is 9.59 Å². The number of rotatable bonds is 9. The van der Waals surface area contributed by atoms with E-state index in [1.54, 1.807) is 12.1 Å². The Labute approximate surface area is 162 Å². The number of hydrogen-bond acceptors (Lipinski definition) is 5. The van der Waals surface area contributed by atoms with Crippen molar-refractivity contribution in [3.05, 3.63) is 30.1 Å². The number of carbonyl (C=O) groups is 2. The summed E-state index contributed by atoms with van der Waals surface area (Å²) in [7, 11) is 0. The van der Waals surface area contributed by atoms with E-state index in [9.17, 15) is 14.0 Å². The Morgan fingerprint density at radius 2 is 1.89 bits per heavy atom. The van der Waals surface area contributed by atoms with Gasteiger partial charge in [-0.25, -0.2) is 4.39 Å². The van der Waals surface area contributed by atoms with Crippen LogP contribution in [0.25, 0.3) is 10.6 Å². The lowest BCUT2D eigenvalue weighted by atomic mass is 9.98. The van der Waals surface area contributed by atoms with Crippen molar-refractivity contribution >= 4 is 28.3 Å². The van der Waals surface area contributed by atoms with Crippen molar-refractivity contribution < 1.29 is 14.0 Å². The molecule has 0 aliphatic rings. The van der Waals surface area contributed by atoms with E-state index in [1.807, 2.05) is 20.8 Å². The molecule has 27 heavy (non-hydrogen) atoms. The van der Waals surface area contributed by atoms with E-state index < -0.39 is 6.04 Å². The molecule has 0 aliphatic heterocycles. The van der Waals surface area contributed by atoms with Crippen LogP contribution in [0.15, 0.2) is 24.3 Å². The monoisotopic (exact) mass is 392 g/mol. The maximum Gasteiger partial charge on any atom is 0.249 e. The van der Waals surface area contributed by atoms with Gasteiger partial charge in [0.2, 0.25) is 16.9 Å². The molecule has 0 bridgehead atoms. The number of unbranched alkanes of at least 4 members (excludes halogenated alkanes) is 1. The van der Waals surface area contributed by atoms with E-state index in [0.717, 1.165) is 24.8 Å². The van der Waals surface area contributed by atoms with Crippen LogP contribution in [0.3, 0.4) is 0 Å². The molecular weight excluding hydrogens is 367 g/mol. The molecule has 0 saturated carbocycles. The van der Waals surface area contributed by atoms with E-state index in [2.05, 4.69) is 20.8 Å². The van der Waals surface area contributed by atoms with Crippen molar-refractivity contribution in [3.8, 4) is 10.6 Å². The predicted octanol–water partition coefficient (Wildman–Crippen LogP) is 4.00. The van der Waals surface area contributed by atoms with Gasteiger partial charge in [-0.2, -0.15) is 0 Å². The van der Waals surface area contributed by atoms with Crippen molar-refractivity contribution in [2.24, 2.45) is 5.92 Å². The lowest BCUT2D eigenvalue weighted by molar-refractivity contribution is -0.127. The molecule has 0 fully saturated rings. The number of aromatic nitrogens is 2. The normalized spacial score (nSPS) is 13.0. The van der Waals surface area contributed by atoms with E-state index >= 15 is 0 Å². The van der Waals surface area contributed by atoms with Crippen LogP contribution in [-0.4, -0.2) is 28.1 Å². The summed E-state index contributed by atoms with van der Waals surface area (Å²) in [4.78, 5) is 24.7. The molecule has 2 atom stereocenters. The average Bonchev–Trinajstić information content (AvgIpc) is 3.12.